The fraction of sp³-hybridized carbons (Fsp3) is 0.619. The summed E-state index contributed by atoms with van der Waals surface area (Å²) in [6.45, 7) is 0.588. The number of fused-ring (bicyclic) bond motifs is 1. The standard InChI is InChI=1S/C21H24BrNO6/c22-14-4-16-17(28-2-1-27-16)5-15(14)23-18(24)10-29-19(25)20-6-12-3-13(7-20)9-21(26,8-12)11-20/h4-5,12-13,26H,1-3,6-11H2,(H,23,24)/t12-,13-,20?,21?/m1/s1. The normalized spacial score (nSPS) is 34.0. The van der Waals surface area contributed by atoms with E-state index in [9.17, 15) is 14.7 Å². The minimum absolute atomic E-state index is 0.346. The van der Waals surface area contributed by atoms with E-state index in [1.165, 1.54) is 0 Å². The van der Waals surface area contributed by atoms with Crippen molar-refractivity contribution in [2.24, 2.45) is 17.3 Å². The molecular weight excluding hydrogens is 442 g/mol. The van der Waals surface area contributed by atoms with E-state index >= 15 is 0 Å². The lowest BCUT2D eigenvalue weighted by Crippen LogP contribution is -2.58. The van der Waals surface area contributed by atoms with Gasteiger partial charge in [0.25, 0.3) is 5.91 Å². The number of benzene rings is 1. The number of rotatable bonds is 4. The van der Waals surface area contributed by atoms with Crippen molar-refractivity contribution in [3.8, 4) is 11.5 Å². The van der Waals surface area contributed by atoms with Gasteiger partial charge in [0.15, 0.2) is 18.1 Å². The summed E-state index contributed by atoms with van der Waals surface area (Å²) in [7, 11) is 0. The number of carbonyl (C=O) groups excluding carboxylic acids is 2. The topological polar surface area (TPSA) is 94.1 Å². The Morgan fingerprint density at radius 2 is 1.79 bits per heavy atom. The number of halogens is 1. The Morgan fingerprint density at radius 3 is 2.45 bits per heavy atom. The third-order valence-corrected chi connectivity index (χ3v) is 7.36. The predicted molar refractivity (Wildman–Crippen MR) is 107 cm³/mol. The summed E-state index contributed by atoms with van der Waals surface area (Å²) in [5.74, 6) is 1.19. The Labute approximate surface area is 177 Å². The number of hydrogen-bond acceptors (Lipinski definition) is 6. The van der Waals surface area contributed by atoms with Gasteiger partial charge in [-0.3, -0.25) is 9.59 Å². The van der Waals surface area contributed by atoms with Gasteiger partial charge >= 0.3 is 5.97 Å². The summed E-state index contributed by atoms with van der Waals surface area (Å²) in [5, 5.41) is 13.6. The van der Waals surface area contributed by atoms with E-state index in [0.29, 0.717) is 53.1 Å². The lowest BCUT2D eigenvalue weighted by Gasteiger charge is -2.58. The van der Waals surface area contributed by atoms with Crippen molar-refractivity contribution in [1.82, 2.24) is 0 Å². The molecule has 4 bridgehead atoms. The van der Waals surface area contributed by atoms with E-state index in [2.05, 4.69) is 21.2 Å². The monoisotopic (exact) mass is 465 g/mol. The fourth-order valence-corrected chi connectivity index (χ4v) is 6.50. The molecule has 4 fully saturated rings. The quantitative estimate of drug-likeness (QED) is 0.663. The van der Waals surface area contributed by atoms with Crippen LogP contribution in [0.1, 0.15) is 38.5 Å². The van der Waals surface area contributed by atoms with Crippen molar-refractivity contribution in [2.75, 3.05) is 25.1 Å². The summed E-state index contributed by atoms with van der Waals surface area (Å²) >= 11 is 3.41. The first-order valence-corrected chi connectivity index (χ1v) is 10.9. The molecule has 29 heavy (non-hydrogen) atoms. The highest BCUT2D eigenvalue weighted by molar-refractivity contribution is 9.10. The van der Waals surface area contributed by atoms with E-state index in [4.69, 9.17) is 14.2 Å². The average molecular weight is 466 g/mol. The van der Waals surface area contributed by atoms with Crippen LogP contribution in [0.3, 0.4) is 0 Å². The largest absolute Gasteiger partial charge is 0.486 e. The van der Waals surface area contributed by atoms with Gasteiger partial charge in [-0.05, 0) is 66.3 Å². The van der Waals surface area contributed by atoms with Gasteiger partial charge in [-0.15, -0.1) is 0 Å². The second-order valence-electron chi connectivity index (χ2n) is 9.07. The lowest BCUT2D eigenvalue weighted by molar-refractivity contribution is -0.196. The molecule has 156 valence electrons. The maximum absolute atomic E-state index is 12.9. The van der Waals surface area contributed by atoms with Crippen LogP contribution in [0.4, 0.5) is 5.69 Å². The van der Waals surface area contributed by atoms with Crippen LogP contribution < -0.4 is 14.8 Å². The summed E-state index contributed by atoms with van der Waals surface area (Å²) in [6.07, 6.45) is 4.66. The third-order valence-electron chi connectivity index (χ3n) is 6.70. The molecule has 5 aliphatic rings. The van der Waals surface area contributed by atoms with Crippen molar-refractivity contribution in [3.63, 3.8) is 0 Å². The maximum atomic E-state index is 12.9. The minimum atomic E-state index is -0.735. The first-order chi connectivity index (χ1) is 13.8. The number of nitrogens with one attached hydrogen (secondary N) is 1. The van der Waals surface area contributed by atoms with Crippen molar-refractivity contribution >= 4 is 33.5 Å². The first kappa shape index (κ1) is 19.2. The van der Waals surface area contributed by atoms with Crippen molar-refractivity contribution < 1.29 is 28.9 Å². The molecule has 0 spiro atoms. The third kappa shape index (κ3) is 3.50. The smallest absolute Gasteiger partial charge is 0.312 e. The molecule has 1 aromatic carbocycles. The van der Waals surface area contributed by atoms with Gasteiger partial charge in [-0.25, -0.2) is 0 Å². The van der Waals surface area contributed by atoms with Crippen LogP contribution in [0.5, 0.6) is 11.5 Å². The SMILES string of the molecule is O=C(COC(=O)C12C[C@H]3C[C@@H](CC(O)(C3)C1)C2)Nc1cc2c(cc1Br)OCCO2. The Morgan fingerprint density at radius 1 is 1.14 bits per heavy atom. The number of anilines is 1. The lowest BCUT2D eigenvalue weighted by atomic mass is 9.48. The van der Waals surface area contributed by atoms with E-state index in [-0.39, 0.29) is 12.6 Å². The zero-order chi connectivity index (χ0) is 20.2. The highest BCUT2D eigenvalue weighted by Crippen LogP contribution is 2.62. The highest BCUT2D eigenvalue weighted by Gasteiger charge is 2.60. The number of carbonyl (C=O) groups is 2. The van der Waals surface area contributed by atoms with E-state index in [1.807, 2.05) is 0 Å². The van der Waals surface area contributed by atoms with Gasteiger partial charge < -0.3 is 24.6 Å². The molecule has 1 aromatic rings. The average Bonchev–Trinajstić information content (AvgIpc) is 2.64. The number of esters is 1. The Hall–Kier alpha value is -1.80. The Bertz CT molecular complexity index is 857. The zero-order valence-electron chi connectivity index (χ0n) is 16.0. The molecule has 0 saturated heterocycles. The number of amides is 1. The molecule has 6 rings (SSSR count). The second kappa shape index (κ2) is 6.87. The first-order valence-electron chi connectivity index (χ1n) is 10.1. The van der Waals surface area contributed by atoms with Crippen LogP contribution in [0.25, 0.3) is 0 Å². The van der Waals surface area contributed by atoms with Crippen LogP contribution in [0, 0.1) is 17.3 Å². The van der Waals surface area contributed by atoms with Crippen molar-refractivity contribution in [2.45, 2.75) is 44.1 Å². The van der Waals surface area contributed by atoms with E-state index < -0.39 is 16.9 Å². The van der Waals surface area contributed by atoms with Gasteiger partial charge in [0.2, 0.25) is 0 Å². The molecule has 1 heterocycles. The molecule has 1 amide bonds. The minimum Gasteiger partial charge on any atom is -0.486 e. The molecule has 0 aromatic heterocycles. The Balaban J connectivity index is 1.22. The summed E-state index contributed by atoms with van der Waals surface area (Å²) < 4.78 is 17.1. The van der Waals surface area contributed by atoms with Crippen LogP contribution in [-0.4, -0.2) is 42.4 Å². The van der Waals surface area contributed by atoms with Crippen LogP contribution in [0.15, 0.2) is 16.6 Å². The molecule has 2 atom stereocenters. The number of aliphatic hydroxyl groups is 1. The van der Waals surface area contributed by atoms with Gasteiger partial charge in [0, 0.05) is 16.6 Å². The van der Waals surface area contributed by atoms with Crippen molar-refractivity contribution in [1.29, 1.82) is 0 Å². The molecule has 0 radical (unpaired) electrons. The summed E-state index contributed by atoms with van der Waals surface area (Å²) in [5.41, 5.74) is -0.836. The zero-order valence-corrected chi connectivity index (χ0v) is 17.6. The molecule has 2 N–H and O–H groups in total. The second-order valence-corrected chi connectivity index (χ2v) is 9.92. The van der Waals surface area contributed by atoms with Gasteiger partial charge in [-0.1, -0.05) is 0 Å². The molecular formula is C21H24BrNO6. The Kier molecular flexibility index (Phi) is 4.55. The predicted octanol–water partition coefficient (Wildman–Crippen LogP) is 3.03. The molecule has 7 nitrogen and oxygen atoms in total. The number of ether oxygens (including phenoxy) is 3. The maximum Gasteiger partial charge on any atom is 0.312 e. The molecule has 0 unspecified atom stereocenters. The van der Waals surface area contributed by atoms with E-state index in [0.717, 1.165) is 32.1 Å². The van der Waals surface area contributed by atoms with Gasteiger partial charge in [0.1, 0.15) is 13.2 Å². The molecule has 4 aliphatic carbocycles. The van der Waals surface area contributed by atoms with Crippen LogP contribution >= 0.6 is 15.9 Å². The van der Waals surface area contributed by atoms with Crippen molar-refractivity contribution in [3.05, 3.63) is 16.6 Å². The van der Waals surface area contributed by atoms with E-state index in [1.54, 1.807) is 12.1 Å². The summed E-state index contributed by atoms with van der Waals surface area (Å²) in [6, 6.07) is 3.43. The molecule has 4 saturated carbocycles. The van der Waals surface area contributed by atoms with Crippen LogP contribution in [0.2, 0.25) is 0 Å². The van der Waals surface area contributed by atoms with Gasteiger partial charge in [0.05, 0.1) is 16.7 Å². The molecule has 1 aliphatic heterocycles. The number of hydrogen-bond donors (Lipinski definition) is 2. The molecule has 8 heteroatoms. The summed E-state index contributed by atoms with van der Waals surface area (Å²) in [4.78, 5) is 25.3. The highest BCUT2D eigenvalue weighted by atomic mass is 79.9. The van der Waals surface area contributed by atoms with Gasteiger partial charge in [-0.2, -0.15) is 0 Å². The fourth-order valence-electron chi connectivity index (χ4n) is 6.08. The van der Waals surface area contributed by atoms with Crippen LogP contribution in [-0.2, 0) is 14.3 Å².